The van der Waals surface area contributed by atoms with Gasteiger partial charge < -0.3 is 5.11 Å². The van der Waals surface area contributed by atoms with Crippen molar-refractivity contribution in [2.75, 3.05) is 0 Å². The van der Waals surface area contributed by atoms with Crippen LogP contribution in [0.15, 0.2) is 41.5 Å². The van der Waals surface area contributed by atoms with Crippen LogP contribution in [0.2, 0.25) is 0 Å². The zero-order valence-corrected chi connectivity index (χ0v) is 10.9. The SMILES string of the molecule is C/C(=C(\C)C(C)c1ccccc1)C(C)C(=O)O. The highest BCUT2D eigenvalue weighted by Crippen LogP contribution is 2.28. The molecule has 0 heterocycles. The van der Waals surface area contributed by atoms with Crippen LogP contribution in [0.1, 0.15) is 39.2 Å². The second-order valence-corrected chi connectivity index (χ2v) is 4.56. The van der Waals surface area contributed by atoms with E-state index in [9.17, 15) is 4.79 Å². The zero-order valence-electron chi connectivity index (χ0n) is 10.9. The number of carboxylic acid groups (broad SMARTS) is 1. The molecule has 2 nitrogen and oxygen atoms in total. The summed E-state index contributed by atoms with van der Waals surface area (Å²) in [5.41, 5.74) is 3.32. The number of rotatable bonds is 4. The fourth-order valence-electron chi connectivity index (χ4n) is 1.86. The summed E-state index contributed by atoms with van der Waals surface area (Å²) in [6.45, 7) is 7.78. The van der Waals surface area contributed by atoms with E-state index in [2.05, 4.69) is 19.1 Å². The Morgan fingerprint density at radius 3 is 2.06 bits per heavy atom. The van der Waals surface area contributed by atoms with Crippen molar-refractivity contribution in [1.29, 1.82) is 0 Å². The standard InChI is InChI=1S/C15H20O2/c1-10(11(2)13(4)15(16)17)12(3)14-8-6-5-7-9-14/h5-9,12-13H,1-4H3,(H,16,17)/b11-10-. The average molecular weight is 232 g/mol. The van der Waals surface area contributed by atoms with Crippen molar-refractivity contribution >= 4 is 5.97 Å². The molecule has 0 bridgehead atoms. The lowest BCUT2D eigenvalue weighted by atomic mass is 9.87. The van der Waals surface area contributed by atoms with Crippen molar-refractivity contribution in [3.63, 3.8) is 0 Å². The van der Waals surface area contributed by atoms with Gasteiger partial charge in [-0.2, -0.15) is 0 Å². The molecule has 0 amide bonds. The van der Waals surface area contributed by atoms with Crippen molar-refractivity contribution in [3.05, 3.63) is 47.0 Å². The van der Waals surface area contributed by atoms with Gasteiger partial charge >= 0.3 is 5.97 Å². The molecule has 0 fully saturated rings. The van der Waals surface area contributed by atoms with Crippen LogP contribution < -0.4 is 0 Å². The van der Waals surface area contributed by atoms with E-state index in [4.69, 9.17) is 5.11 Å². The Morgan fingerprint density at radius 2 is 1.59 bits per heavy atom. The monoisotopic (exact) mass is 232 g/mol. The van der Waals surface area contributed by atoms with Crippen molar-refractivity contribution in [3.8, 4) is 0 Å². The van der Waals surface area contributed by atoms with Crippen LogP contribution >= 0.6 is 0 Å². The minimum absolute atomic E-state index is 0.262. The fraction of sp³-hybridized carbons (Fsp3) is 0.400. The maximum atomic E-state index is 11.0. The molecule has 1 aromatic rings. The fourth-order valence-corrected chi connectivity index (χ4v) is 1.86. The Morgan fingerprint density at radius 1 is 1.06 bits per heavy atom. The molecule has 0 aromatic heterocycles. The molecule has 2 atom stereocenters. The summed E-state index contributed by atoms with van der Waals surface area (Å²) in [5.74, 6) is -0.915. The Hall–Kier alpha value is -1.57. The van der Waals surface area contributed by atoms with Crippen LogP contribution in [0.25, 0.3) is 0 Å². The lowest BCUT2D eigenvalue weighted by molar-refractivity contribution is -0.139. The molecule has 0 spiro atoms. The predicted octanol–water partition coefficient (Wildman–Crippen LogP) is 3.85. The van der Waals surface area contributed by atoms with Gasteiger partial charge in [-0.3, -0.25) is 4.79 Å². The van der Waals surface area contributed by atoms with Gasteiger partial charge in [-0.15, -0.1) is 0 Å². The quantitative estimate of drug-likeness (QED) is 0.801. The van der Waals surface area contributed by atoms with E-state index in [0.29, 0.717) is 0 Å². The second kappa shape index (κ2) is 5.67. The van der Waals surface area contributed by atoms with Crippen molar-refractivity contribution < 1.29 is 9.90 Å². The third-order valence-corrected chi connectivity index (χ3v) is 3.59. The first-order valence-corrected chi connectivity index (χ1v) is 5.90. The molecular weight excluding hydrogens is 212 g/mol. The lowest BCUT2D eigenvalue weighted by Gasteiger charge is -2.18. The zero-order chi connectivity index (χ0) is 13.0. The molecule has 1 N–H and O–H groups in total. The van der Waals surface area contributed by atoms with Crippen LogP contribution in [0, 0.1) is 5.92 Å². The molecule has 92 valence electrons. The van der Waals surface area contributed by atoms with Crippen LogP contribution in [0.3, 0.4) is 0 Å². The molecule has 0 aliphatic rings. The van der Waals surface area contributed by atoms with Crippen molar-refractivity contribution in [2.24, 2.45) is 5.92 Å². The number of benzene rings is 1. The molecule has 0 radical (unpaired) electrons. The van der Waals surface area contributed by atoms with Crippen LogP contribution in [0.5, 0.6) is 0 Å². The molecule has 0 saturated heterocycles. The maximum absolute atomic E-state index is 11.0. The number of carboxylic acids is 1. The topological polar surface area (TPSA) is 37.3 Å². The van der Waals surface area contributed by atoms with E-state index in [1.165, 1.54) is 5.56 Å². The third kappa shape index (κ3) is 3.19. The van der Waals surface area contributed by atoms with Gasteiger partial charge in [0.25, 0.3) is 0 Å². The maximum Gasteiger partial charge on any atom is 0.310 e. The molecular formula is C15H20O2. The van der Waals surface area contributed by atoms with E-state index in [1.807, 2.05) is 32.0 Å². The van der Waals surface area contributed by atoms with Gasteiger partial charge in [0, 0.05) is 5.92 Å². The summed E-state index contributed by atoms with van der Waals surface area (Å²) in [7, 11) is 0. The summed E-state index contributed by atoms with van der Waals surface area (Å²) in [6.07, 6.45) is 0. The molecule has 2 heteroatoms. The van der Waals surface area contributed by atoms with Crippen molar-refractivity contribution in [2.45, 2.75) is 33.6 Å². The van der Waals surface area contributed by atoms with Gasteiger partial charge in [-0.25, -0.2) is 0 Å². The lowest BCUT2D eigenvalue weighted by Crippen LogP contribution is -2.13. The smallest absolute Gasteiger partial charge is 0.310 e. The summed E-state index contributed by atoms with van der Waals surface area (Å²) < 4.78 is 0. The number of hydrogen-bond donors (Lipinski definition) is 1. The molecule has 1 aromatic carbocycles. The normalized spacial score (nSPS) is 16.0. The molecule has 17 heavy (non-hydrogen) atoms. The van der Waals surface area contributed by atoms with Gasteiger partial charge in [-0.05, 0) is 26.3 Å². The first-order valence-electron chi connectivity index (χ1n) is 5.90. The van der Waals surface area contributed by atoms with E-state index < -0.39 is 11.9 Å². The van der Waals surface area contributed by atoms with Crippen LogP contribution in [0.4, 0.5) is 0 Å². The molecule has 0 saturated carbocycles. The van der Waals surface area contributed by atoms with Gasteiger partial charge in [-0.1, -0.05) is 48.4 Å². The highest BCUT2D eigenvalue weighted by atomic mass is 16.4. The summed E-state index contributed by atoms with van der Waals surface area (Å²) >= 11 is 0. The van der Waals surface area contributed by atoms with Crippen LogP contribution in [-0.4, -0.2) is 11.1 Å². The Balaban J connectivity index is 3.00. The minimum Gasteiger partial charge on any atom is -0.481 e. The summed E-state index contributed by atoms with van der Waals surface area (Å²) in [5, 5.41) is 9.02. The molecule has 1 rings (SSSR count). The highest BCUT2D eigenvalue weighted by Gasteiger charge is 2.18. The first kappa shape index (κ1) is 13.5. The minimum atomic E-state index is -0.762. The van der Waals surface area contributed by atoms with E-state index in [1.54, 1.807) is 6.92 Å². The number of hydrogen-bond acceptors (Lipinski definition) is 1. The number of carbonyl (C=O) groups is 1. The third-order valence-electron chi connectivity index (χ3n) is 3.59. The van der Waals surface area contributed by atoms with Gasteiger partial charge in [0.2, 0.25) is 0 Å². The Bertz CT molecular complexity index is 418. The van der Waals surface area contributed by atoms with Gasteiger partial charge in [0.15, 0.2) is 0 Å². The van der Waals surface area contributed by atoms with E-state index in [0.717, 1.165) is 11.1 Å². The second-order valence-electron chi connectivity index (χ2n) is 4.56. The van der Waals surface area contributed by atoms with Gasteiger partial charge in [0.05, 0.1) is 5.92 Å². The van der Waals surface area contributed by atoms with Gasteiger partial charge in [0.1, 0.15) is 0 Å². The van der Waals surface area contributed by atoms with E-state index in [-0.39, 0.29) is 5.92 Å². The summed E-state index contributed by atoms with van der Waals surface area (Å²) in [6, 6.07) is 10.2. The Kier molecular flexibility index (Phi) is 4.50. The largest absolute Gasteiger partial charge is 0.481 e. The predicted molar refractivity (Wildman–Crippen MR) is 70.0 cm³/mol. The summed E-state index contributed by atoms with van der Waals surface area (Å²) in [4.78, 5) is 11.0. The van der Waals surface area contributed by atoms with Crippen molar-refractivity contribution in [1.82, 2.24) is 0 Å². The Labute approximate surface area is 103 Å². The molecule has 0 aliphatic heterocycles. The average Bonchev–Trinajstić information content (AvgIpc) is 2.36. The first-order chi connectivity index (χ1) is 7.95. The molecule has 2 unspecified atom stereocenters. The van der Waals surface area contributed by atoms with Crippen LogP contribution in [-0.2, 0) is 4.79 Å². The molecule has 0 aliphatic carbocycles. The number of aliphatic carboxylic acids is 1. The van der Waals surface area contributed by atoms with E-state index >= 15 is 0 Å². The number of allylic oxidation sites excluding steroid dienone is 1. The highest BCUT2D eigenvalue weighted by molar-refractivity contribution is 5.73.